The molecule has 1 aromatic carbocycles. The number of amides is 1. The van der Waals surface area contributed by atoms with Crippen molar-refractivity contribution in [3.63, 3.8) is 0 Å². The van der Waals surface area contributed by atoms with Gasteiger partial charge in [0.25, 0.3) is 5.91 Å². The number of β-amino-alcohol motifs (C(OH)–C–C–N with tert-alkyl or cyclic N) is 1. The van der Waals surface area contributed by atoms with Gasteiger partial charge in [-0.15, -0.1) is 0 Å². The Hall–Kier alpha value is -3.43. The van der Waals surface area contributed by atoms with E-state index in [1.165, 1.54) is 49.6 Å². The normalized spacial score (nSPS) is 19.0. The second-order valence-corrected chi connectivity index (χ2v) is 11.5. The largest absolute Gasteiger partial charge is 0.486 e. The minimum atomic E-state index is -0.656. The number of aliphatic hydroxyl groups is 1. The van der Waals surface area contributed by atoms with Crippen LogP contribution in [0.2, 0.25) is 0 Å². The monoisotopic (exact) mass is 531 g/mol. The molecule has 1 amide bonds. The maximum absolute atomic E-state index is 12.8. The number of pyridine rings is 1. The van der Waals surface area contributed by atoms with Crippen molar-refractivity contribution in [3.8, 4) is 5.75 Å². The number of carbonyl (C=O) groups excluding carboxylic acids is 1. The molecule has 2 aliphatic carbocycles. The molecule has 9 nitrogen and oxygen atoms in total. The molecule has 0 unspecified atom stereocenters. The van der Waals surface area contributed by atoms with Crippen LogP contribution >= 0.6 is 0 Å². The third-order valence-corrected chi connectivity index (χ3v) is 8.60. The second-order valence-electron chi connectivity index (χ2n) is 11.5. The zero-order valence-corrected chi connectivity index (χ0v) is 22.5. The van der Waals surface area contributed by atoms with Gasteiger partial charge in [0, 0.05) is 44.0 Å². The van der Waals surface area contributed by atoms with E-state index < -0.39 is 6.10 Å². The highest BCUT2D eigenvalue weighted by molar-refractivity contribution is 5.94. The molecule has 6 rings (SSSR count). The summed E-state index contributed by atoms with van der Waals surface area (Å²) in [7, 11) is 0. The zero-order valence-electron chi connectivity index (χ0n) is 22.5. The summed E-state index contributed by atoms with van der Waals surface area (Å²) in [5.41, 5.74) is 4.47. The highest BCUT2D eigenvalue weighted by Gasteiger charge is 2.48. The van der Waals surface area contributed by atoms with Crippen molar-refractivity contribution in [1.82, 2.24) is 20.2 Å². The molecule has 1 spiro atoms. The Labute approximate surface area is 229 Å². The van der Waals surface area contributed by atoms with E-state index in [1.54, 1.807) is 18.3 Å². The lowest BCUT2D eigenvalue weighted by atomic mass is 9.54. The standard InChI is InChI=1S/C30H37N5O4/c1-20-27(39-19-33-20)18-38-26-4-3-23-16-35(10-6-21(23)11-26)17-25(36)15-32-29(37)22-5-9-31-28(12-22)34-24-13-30(14-24)7-2-8-30/h3-5,9,11-12,19,24-25,36H,2,6-8,10,13-18H2,1H3,(H,31,34)(H,32,37)/t25-/m0/s1. The van der Waals surface area contributed by atoms with E-state index in [2.05, 4.69) is 37.6 Å². The van der Waals surface area contributed by atoms with E-state index in [9.17, 15) is 9.90 Å². The number of hydrogen-bond donors (Lipinski definition) is 3. The Kier molecular flexibility index (Phi) is 7.27. The number of carbonyl (C=O) groups is 1. The summed E-state index contributed by atoms with van der Waals surface area (Å²) in [5.74, 6) is 2.10. The predicted octanol–water partition coefficient (Wildman–Crippen LogP) is 3.85. The number of anilines is 1. The first kappa shape index (κ1) is 25.8. The third-order valence-electron chi connectivity index (χ3n) is 8.60. The fourth-order valence-electron chi connectivity index (χ4n) is 6.15. The van der Waals surface area contributed by atoms with Crippen LogP contribution in [0.5, 0.6) is 5.75 Å². The maximum Gasteiger partial charge on any atom is 0.251 e. The molecule has 39 heavy (non-hydrogen) atoms. The Morgan fingerprint density at radius 2 is 2.10 bits per heavy atom. The molecule has 206 valence electrons. The quantitative estimate of drug-likeness (QED) is 0.362. The van der Waals surface area contributed by atoms with Crippen LogP contribution in [-0.2, 0) is 19.6 Å². The molecule has 0 radical (unpaired) electrons. The first-order valence-electron chi connectivity index (χ1n) is 14.0. The van der Waals surface area contributed by atoms with E-state index in [4.69, 9.17) is 9.15 Å². The second kappa shape index (κ2) is 11.0. The maximum atomic E-state index is 12.8. The molecule has 2 saturated carbocycles. The summed E-state index contributed by atoms with van der Waals surface area (Å²) in [6, 6.07) is 10.1. The minimum absolute atomic E-state index is 0.194. The van der Waals surface area contributed by atoms with Gasteiger partial charge in [0.2, 0.25) is 0 Å². The first-order chi connectivity index (χ1) is 18.9. The third kappa shape index (κ3) is 5.94. The number of benzene rings is 1. The number of fused-ring (bicyclic) bond motifs is 1. The van der Waals surface area contributed by atoms with Crippen LogP contribution < -0.4 is 15.4 Å². The van der Waals surface area contributed by atoms with Crippen molar-refractivity contribution >= 4 is 11.7 Å². The molecule has 2 fully saturated rings. The number of aryl methyl sites for hydroxylation is 1. The summed E-state index contributed by atoms with van der Waals surface area (Å²) in [6.45, 7) is 4.54. The fourth-order valence-corrected chi connectivity index (χ4v) is 6.15. The van der Waals surface area contributed by atoms with Gasteiger partial charge in [-0.3, -0.25) is 9.69 Å². The van der Waals surface area contributed by atoms with Crippen molar-refractivity contribution in [2.75, 3.05) is 25.0 Å². The molecule has 0 bridgehead atoms. The van der Waals surface area contributed by atoms with Gasteiger partial charge in [0.1, 0.15) is 18.2 Å². The van der Waals surface area contributed by atoms with E-state index >= 15 is 0 Å². The van der Waals surface area contributed by atoms with Crippen LogP contribution in [-0.4, -0.2) is 57.7 Å². The molecule has 0 saturated heterocycles. The summed E-state index contributed by atoms with van der Waals surface area (Å²) in [4.78, 5) is 23.5. The topological polar surface area (TPSA) is 113 Å². The zero-order chi connectivity index (χ0) is 26.8. The molecule has 3 aromatic rings. The molecule has 3 aliphatic rings. The molecule has 1 aliphatic heterocycles. The molecule has 3 heterocycles. The van der Waals surface area contributed by atoms with Crippen molar-refractivity contribution < 1.29 is 19.1 Å². The van der Waals surface area contributed by atoms with Crippen molar-refractivity contribution in [2.45, 2.75) is 70.7 Å². The van der Waals surface area contributed by atoms with Gasteiger partial charge >= 0.3 is 0 Å². The number of nitrogens with zero attached hydrogens (tertiary/aromatic N) is 3. The summed E-state index contributed by atoms with van der Waals surface area (Å²) >= 11 is 0. The molecular formula is C30H37N5O4. The van der Waals surface area contributed by atoms with E-state index in [-0.39, 0.29) is 12.5 Å². The lowest BCUT2D eigenvalue weighted by Crippen LogP contribution is -2.49. The smallest absolute Gasteiger partial charge is 0.251 e. The Balaban J connectivity index is 0.944. The summed E-state index contributed by atoms with van der Waals surface area (Å²) in [5, 5.41) is 17.0. The fraction of sp³-hybridized carbons (Fsp3) is 0.500. The van der Waals surface area contributed by atoms with Crippen molar-refractivity contribution in [2.24, 2.45) is 5.41 Å². The number of oxazole rings is 1. The Morgan fingerprint density at radius 1 is 1.23 bits per heavy atom. The minimum Gasteiger partial charge on any atom is -0.486 e. The van der Waals surface area contributed by atoms with Gasteiger partial charge in [0.15, 0.2) is 12.2 Å². The van der Waals surface area contributed by atoms with Crippen LogP contribution in [0.1, 0.15) is 65.0 Å². The van der Waals surface area contributed by atoms with Gasteiger partial charge in [0.05, 0.1) is 11.8 Å². The Bertz CT molecular complexity index is 1310. The number of aliphatic hydroxyl groups excluding tert-OH is 1. The van der Waals surface area contributed by atoms with Gasteiger partial charge in [-0.1, -0.05) is 12.5 Å². The molecule has 9 heteroatoms. The van der Waals surface area contributed by atoms with Crippen LogP contribution in [0.4, 0.5) is 5.82 Å². The van der Waals surface area contributed by atoms with Gasteiger partial charge < -0.3 is 24.9 Å². The van der Waals surface area contributed by atoms with Crippen LogP contribution in [0, 0.1) is 12.3 Å². The van der Waals surface area contributed by atoms with E-state index in [0.717, 1.165) is 42.5 Å². The van der Waals surface area contributed by atoms with Gasteiger partial charge in [-0.2, -0.15) is 0 Å². The van der Waals surface area contributed by atoms with Crippen LogP contribution in [0.3, 0.4) is 0 Å². The SMILES string of the molecule is Cc1ncoc1COc1ccc2c(c1)CCN(C[C@@H](O)CNC(=O)c1ccnc(NC3CC4(CCC4)C3)c1)C2. The number of nitrogens with one attached hydrogen (secondary N) is 2. The average molecular weight is 532 g/mol. The molecule has 3 N–H and O–H groups in total. The molecule has 2 aromatic heterocycles. The highest BCUT2D eigenvalue weighted by Crippen LogP contribution is 2.56. The summed E-state index contributed by atoms with van der Waals surface area (Å²) in [6.07, 6.45) is 9.80. The number of ether oxygens (including phenoxy) is 1. The highest BCUT2D eigenvalue weighted by atomic mass is 16.5. The molecular weight excluding hydrogens is 494 g/mol. The lowest BCUT2D eigenvalue weighted by molar-refractivity contribution is 0.0191. The van der Waals surface area contributed by atoms with Gasteiger partial charge in [-0.05, 0) is 79.8 Å². The van der Waals surface area contributed by atoms with Gasteiger partial charge in [-0.25, -0.2) is 9.97 Å². The lowest BCUT2D eigenvalue weighted by Gasteiger charge is -2.54. The van der Waals surface area contributed by atoms with Crippen molar-refractivity contribution in [1.29, 1.82) is 0 Å². The Morgan fingerprint density at radius 3 is 2.87 bits per heavy atom. The summed E-state index contributed by atoms with van der Waals surface area (Å²) < 4.78 is 11.2. The number of hydrogen-bond acceptors (Lipinski definition) is 8. The number of rotatable bonds is 10. The van der Waals surface area contributed by atoms with E-state index in [1.807, 2.05) is 13.0 Å². The predicted molar refractivity (Wildman–Crippen MR) is 147 cm³/mol. The number of aromatic nitrogens is 2. The molecule has 1 atom stereocenters. The van der Waals surface area contributed by atoms with Crippen LogP contribution in [0.15, 0.2) is 47.3 Å². The first-order valence-corrected chi connectivity index (χ1v) is 14.0. The van der Waals surface area contributed by atoms with E-state index in [0.29, 0.717) is 30.2 Å². The van der Waals surface area contributed by atoms with Crippen molar-refractivity contribution in [3.05, 3.63) is 71.1 Å². The van der Waals surface area contributed by atoms with Crippen LogP contribution in [0.25, 0.3) is 0 Å². The average Bonchev–Trinajstić information content (AvgIpc) is 3.31.